The number of carbonyl (C=O) groups is 1. The summed E-state index contributed by atoms with van der Waals surface area (Å²) in [5, 5.41) is 0. The Morgan fingerprint density at radius 1 is 1.53 bits per heavy atom. The molecule has 94 valence electrons. The number of nitrogens with two attached hydrogens (primary N) is 1. The minimum atomic E-state index is -0.0665. The summed E-state index contributed by atoms with van der Waals surface area (Å²) < 4.78 is 5.45. The maximum absolute atomic E-state index is 12.0. The molecular formula is C13H20N2O2. The molecule has 17 heavy (non-hydrogen) atoms. The van der Waals surface area contributed by atoms with Crippen molar-refractivity contribution >= 4 is 5.78 Å². The molecule has 0 saturated heterocycles. The second-order valence-corrected chi connectivity index (χ2v) is 4.10. The van der Waals surface area contributed by atoms with Crippen molar-refractivity contribution in [2.45, 2.75) is 26.7 Å². The molecule has 0 aliphatic rings. The van der Waals surface area contributed by atoms with Gasteiger partial charge in [-0.05, 0) is 25.5 Å². The average Bonchev–Trinajstić information content (AvgIpc) is 2.36. The quantitative estimate of drug-likeness (QED) is 0.736. The maximum atomic E-state index is 12.0. The molecule has 1 rings (SSSR count). The van der Waals surface area contributed by atoms with Gasteiger partial charge in [-0.2, -0.15) is 0 Å². The highest BCUT2D eigenvalue weighted by Crippen LogP contribution is 2.16. The van der Waals surface area contributed by atoms with Gasteiger partial charge in [0.1, 0.15) is 5.75 Å². The van der Waals surface area contributed by atoms with Crippen LogP contribution < -0.4 is 10.5 Å². The van der Waals surface area contributed by atoms with E-state index in [-0.39, 0.29) is 11.7 Å². The molecule has 0 aliphatic heterocycles. The van der Waals surface area contributed by atoms with Gasteiger partial charge in [0.25, 0.3) is 0 Å². The lowest BCUT2D eigenvalue weighted by molar-refractivity contribution is 0.0924. The summed E-state index contributed by atoms with van der Waals surface area (Å²) in [6.45, 7) is 5.07. The maximum Gasteiger partial charge on any atom is 0.167 e. The number of ether oxygens (including phenoxy) is 1. The zero-order valence-electron chi connectivity index (χ0n) is 10.5. The molecule has 4 heteroatoms. The van der Waals surface area contributed by atoms with Crippen molar-refractivity contribution < 1.29 is 9.53 Å². The van der Waals surface area contributed by atoms with E-state index in [4.69, 9.17) is 10.5 Å². The number of hydrogen-bond acceptors (Lipinski definition) is 4. The molecule has 4 nitrogen and oxygen atoms in total. The van der Waals surface area contributed by atoms with Gasteiger partial charge in [0, 0.05) is 17.7 Å². The molecule has 1 heterocycles. The first-order valence-electron chi connectivity index (χ1n) is 6.01. The van der Waals surface area contributed by atoms with Crippen molar-refractivity contribution in [3.63, 3.8) is 0 Å². The molecule has 0 aromatic carbocycles. The van der Waals surface area contributed by atoms with Crippen LogP contribution in [0.1, 0.15) is 37.0 Å². The summed E-state index contributed by atoms with van der Waals surface area (Å²) in [6.07, 6.45) is 4.83. The predicted octanol–water partition coefficient (Wildman–Crippen LogP) is 2.04. The van der Waals surface area contributed by atoms with E-state index in [9.17, 15) is 4.79 Å². The normalized spacial score (nSPS) is 12.2. The number of hydrogen-bond donors (Lipinski definition) is 1. The third-order valence-corrected chi connectivity index (χ3v) is 2.52. The number of pyridine rings is 1. The topological polar surface area (TPSA) is 65.2 Å². The zero-order chi connectivity index (χ0) is 12.7. The molecule has 0 spiro atoms. The van der Waals surface area contributed by atoms with Gasteiger partial charge < -0.3 is 10.5 Å². The van der Waals surface area contributed by atoms with E-state index in [2.05, 4.69) is 4.98 Å². The molecule has 1 aromatic heterocycles. The fourth-order valence-corrected chi connectivity index (χ4v) is 1.52. The van der Waals surface area contributed by atoms with E-state index >= 15 is 0 Å². The molecule has 1 unspecified atom stereocenters. The van der Waals surface area contributed by atoms with Crippen LogP contribution in [0.5, 0.6) is 5.75 Å². The molecule has 0 bridgehead atoms. The van der Waals surface area contributed by atoms with Crippen LogP contribution in [-0.4, -0.2) is 23.9 Å². The summed E-state index contributed by atoms with van der Waals surface area (Å²) in [4.78, 5) is 16.0. The van der Waals surface area contributed by atoms with E-state index in [0.29, 0.717) is 30.9 Å². The largest absolute Gasteiger partial charge is 0.492 e. The van der Waals surface area contributed by atoms with Crippen molar-refractivity contribution in [1.29, 1.82) is 0 Å². The van der Waals surface area contributed by atoms with Crippen LogP contribution in [0.4, 0.5) is 0 Å². The monoisotopic (exact) mass is 236 g/mol. The predicted molar refractivity (Wildman–Crippen MR) is 67.2 cm³/mol. The number of carbonyl (C=O) groups excluding carboxylic acids is 1. The Bertz CT molecular complexity index is 366. The van der Waals surface area contributed by atoms with Gasteiger partial charge in [-0.1, -0.05) is 13.8 Å². The van der Waals surface area contributed by atoms with Crippen LogP contribution in [0.3, 0.4) is 0 Å². The van der Waals surface area contributed by atoms with Crippen LogP contribution in [0.2, 0.25) is 0 Å². The van der Waals surface area contributed by atoms with E-state index in [1.54, 1.807) is 18.5 Å². The Morgan fingerprint density at radius 2 is 2.29 bits per heavy atom. The number of Topliss-reactive ketones (excluding diaryl/α,β-unsaturated/α-hetero) is 1. The molecule has 0 saturated carbocycles. The van der Waals surface area contributed by atoms with Gasteiger partial charge in [-0.3, -0.25) is 9.78 Å². The van der Waals surface area contributed by atoms with Crippen LogP contribution in [0, 0.1) is 5.92 Å². The minimum Gasteiger partial charge on any atom is -0.492 e. The Labute approximate surface area is 102 Å². The van der Waals surface area contributed by atoms with E-state index in [1.807, 2.05) is 13.8 Å². The molecule has 0 fully saturated rings. The van der Waals surface area contributed by atoms with Gasteiger partial charge in [-0.15, -0.1) is 0 Å². The molecule has 1 aromatic rings. The lowest BCUT2D eigenvalue weighted by Gasteiger charge is -2.10. The van der Waals surface area contributed by atoms with E-state index in [0.717, 1.165) is 6.42 Å². The van der Waals surface area contributed by atoms with Gasteiger partial charge in [0.15, 0.2) is 5.78 Å². The molecular weight excluding hydrogens is 216 g/mol. The summed E-state index contributed by atoms with van der Waals surface area (Å²) in [7, 11) is 0. The Morgan fingerprint density at radius 3 is 2.94 bits per heavy atom. The third-order valence-electron chi connectivity index (χ3n) is 2.52. The SMILES string of the molecule is CCCOc1cncc(C(=O)C(C)CCN)c1. The van der Waals surface area contributed by atoms with Crippen molar-refractivity contribution in [2.75, 3.05) is 13.2 Å². The molecule has 1 atom stereocenters. The summed E-state index contributed by atoms with van der Waals surface area (Å²) >= 11 is 0. The summed E-state index contributed by atoms with van der Waals surface area (Å²) in [5.41, 5.74) is 6.05. The highest BCUT2D eigenvalue weighted by atomic mass is 16.5. The number of nitrogens with zero attached hydrogens (tertiary/aromatic N) is 1. The smallest absolute Gasteiger partial charge is 0.167 e. The summed E-state index contributed by atoms with van der Waals surface area (Å²) in [6, 6.07) is 1.75. The Kier molecular flexibility index (Phi) is 5.63. The van der Waals surface area contributed by atoms with Crippen LogP contribution >= 0.6 is 0 Å². The first-order valence-corrected chi connectivity index (χ1v) is 6.01. The second kappa shape index (κ2) is 7.01. The lowest BCUT2D eigenvalue weighted by atomic mass is 9.97. The summed E-state index contributed by atoms with van der Waals surface area (Å²) in [5.74, 6) is 0.658. The zero-order valence-corrected chi connectivity index (χ0v) is 10.5. The van der Waals surface area contributed by atoms with E-state index in [1.165, 1.54) is 0 Å². The molecule has 2 N–H and O–H groups in total. The fraction of sp³-hybridized carbons (Fsp3) is 0.538. The lowest BCUT2D eigenvalue weighted by Crippen LogP contribution is -2.16. The van der Waals surface area contributed by atoms with Gasteiger partial charge in [0.05, 0.1) is 12.8 Å². The number of rotatable bonds is 7. The number of aromatic nitrogens is 1. The van der Waals surface area contributed by atoms with Gasteiger partial charge in [-0.25, -0.2) is 0 Å². The highest BCUT2D eigenvalue weighted by molar-refractivity contribution is 5.97. The standard InChI is InChI=1S/C13H20N2O2/c1-3-6-17-12-7-11(8-15-9-12)13(16)10(2)4-5-14/h7-10H,3-6,14H2,1-2H3. The van der Waals surface area contributed by atoms with Crippen LogP contribution in [0.15, 0.2) is 18.5 Å². The van der Waals surface area contributed by atoms with Gasteiger partial charge in [0.2, 0.25) is 0 Å². The van der Waals surface area contributed by atoms with Crippen molar-refractivity contribution in [1.82, 2.24) is 4.98 Å². The second-order valence-electron chi connectivity index (χ2n) is 4.10. The van der Waals surface area contributed by atoms with Gasteiger partial charge >= 0.3 is 0 Å². The Balaban J connectivity index is 2.73. The first-order chi connectivity index (χ1) is 8.19. The third kappa shape index (κ3) is 4.15. The highest BCUT2D eigenvalue weighted by Gasteiger charge is 2.15. The van der Waals surface area contributed by atoms with Crippen LogP contribution in [-0.2, 0) is 0 Å². The van der Waals surface area contributed by atoms with Crippen molar-refractivity contribution in [3.05, 3.63) is 24.0 Å². The molecule has 0 amide bonds. The number of ketones is 1. The Hall–Kier alpha value is -1.42. The minimum absolute atomic E-state index is 0.0665. The van der Waals surface area contributed by atoms with Crippen molar-refractivity contribution in [3.8, 4) is 5.75 Å². The van der Waals surface area contributed by atoms with Crippen LogP contribution in [0.25, 0.3) is 0 Å². The first kappa shape index (κ1) is 13.6. The average molecular weight is 236 g/mol. The van der Waals surface area contributed by atoms with Crippen molar-refractivity contribution in [2.24, 2.45) is 11.7 Å². The van der Waals surface area contributed by atoms with E-state index < -0.39 is 0 Å². The molecule has 0 radical (unpaired) electrons. The fourth-order valence-electron chi connectivity index (χ4n) is 1.52. The molecule has 0 aliphatic carbocycles.